The van der Waals surface area contributed by atoms with Crippen molar-refractivity contribution in [1.29, 1.82) is 0 Å². The Morgan fingerprint density at radius 2 is 1.67 bits per heavy atom. The van der Waals surface area contributed by atoms with Gasteiger partial charge < -0.3 is 24.0 Å². The number of hydrogen-bond acceptors (Lipinski definition) is 5. The molecule has 2 aliphatic rings. The van der Waals surface area contributed by atoms with Crippen LogP contribution in [0.1, 0.15) is 53.2 Å². The van der Waals surface area contributed by atoms with Crippen molar-refractivity contribution in [3.8, 4) is 17.2 Å². The van der Waals surface area contributed by atoms with Crippen molar-refractivity contribution in [1.82, 2.24) is 9.80 Å². The van der Waals surface area contributed by atoms with Gasteiger partial charge in [-0.05, 0) is 54.2 Å². The van der Waals surface area contributed by atoms with Crippen molar-refractivity contribution in [3.05, 3.63) is 53.1 Å². The number of carbonyl (C=O) groups is 2. The molecule has 0 N–H and O–H groups in total. The van der Waals surface area contributed by atoms with Crippen LogP contribution in [0.2, 0.25) is 0 Å². The van der Waals surface area contributed by atoms with Crippen LogP contribution >= 0.6 is 0 Å². The summed E-state index contributed by atoms with van der Waals surface area (Å²) < 4.78 is 16.3. The summed E-state index contributed by atoms with van der Waals surface area (Å²) in [6.07, 6.45) is 2.11. The molecule has 1 fully saturated rings. The van der Waals surface area contributed by atoms with E-state index in [0.29, 0.717) is 28.5 Å². The second-order valence-corrected chi connectivity index (χ2v) is 8.94. The van der Waals surface area contributed by atoms with Crippen molar-refractivity contribution in [3.63, 3.8) is 0 Å². The molecule has 0 spiro atoms. The second kappa shape index (κ2) is 9.33. The lowest BCUT2D eigenvalue weighted by atomic mass is 9.78. The van der Waals surface area contributed by atoms with Crippen LogP contribution in [0.5, 0.6) is 17.2 Å². The maximum Gasteiger partial charge on any atom is 0.254 e. The molecule has 33 heavy (non-hydrogen) atoms. The van der Waals surface area contributed by atoms with E-state index in [-0.39, 0.29) is 11.8 Å². The zero-order chi connectivity index (χ0) is 23.7. The number of rotatable bonds is 5. The zero-order valence-electron chi connectivity index (χ0n) is 20.0. The van der Waals surface area contributed by atoms with Crippen LogP contribution in [-0.4, -0.2) is 63.1 Å². The van der Waals surface area contributed by atoms with Gasteiger partial charge in [0.2, 0.25) is 5.91 Å². The van der Waals surface area contributed by atoms with E-state index in [9.17, 15) is 9.59 Å². The summed E-state index contributed by atoms with van der Waals surface area (Å²) >= 11 is 0. The fourth-order valence-corrected chi connectivity index (χ4v) is 5.12. The average Bonchev–Trinajstić information content (AvgIpc) is 2.85. The molecule has 4 rings (SSSR count). The van der Waals surface area contributed by atoms with Crippen LogP contribution in [0.3, 0.4) is 0 Å². The maximum absolute atomic E-state index is 14.1. The second-order valence-electron chi connectivity index (χ2n) is 8.94. The third-order valence-corrected chi connectivity index (χ3v) is 6.87. The first-order valence-corrected chi connectivity index (χ1v) is 11.3. The summed E-state index contributed by atoms with van der Waals surface area (Å²) in [6, 6.07) is 10.6. The number of methoxy groups -OCH3 is 3. The van der Waals surface area contributed by atoms with E-state index in [1.165, 1.54) is 0 Å². The lowest BCUT2D eigenvalue weighted by Crippen LogP contribution is -2.49. The molecule has 2 aromatic rings. The highest BCUT2D eigenvalue weighted by atomic mass is 16.5. The number of hydrogen-bond donors (Lipinski definition) is 0. The molecule has 176 valence electrons. The first-order valence-electron chi connectivity index (χ1n) is 11.3. The monoisotopic (exact) mass is 452 g/mol. The number of carbonyl (C=O) groups excluding carboxylic acids is 2. The van der Waals surface area contributed by atoms with Gasteiger partial charge in [0.15, 0.2) is 11.5 Å². The Bertz CT molecular complexity index is 1040. The third-order valence-electron chi connectivity index (χ3n) is 6.87. The summed E-state index contributed by atoms with van der Waals surface area (Å²) in [4.78, 5) is 31.2. The fourth-order valence-electron chi connectivity index (χ4n) is 5.12. The minimum atomic E-state index is -0.554. The summed E-state index contributed by atoms with van der Waals surface area (Å²) in [7, 11) is 6.48. The summed E-state index contributed by atoms with van der Waals surface area (Å²) in [5, 5.41) is 0. The predicted octanol–water partition coefficient (Wildman–Crippen LogP) is 3.88. The first-order chi connectivity index (χ1) is 15.9. The Labute approximate surface area is 195 Å². The lowest BCUT2D eigenvalue weighted by Gasteiger charge is -2.43. The number of benzene rings is 2. The molecule has 0 saturated carbocycles. The molecule has 0 aromatic heterocycles. The number of likely N-dealkylation sites (tertiary alicyclic amines) is 1. The Morgan fingerprint density at radius 1 is 1.00 bits per heavy atom. The molecule has 7 heteroatoms. The third kappa shape index (κ3) is 4.12. The summed E-state index contributed by atoms with van der Waals surface area (Å²) in [5.41, 5.74) is 2.04. The Hall–Kier alpha value is -3.22. The van der Waals surface area contributed by atoms with Crippen molar-refractivity contribution in [2.45, 2.75) is 31.7 Å². The highest BCUT2D eigenvalue weighted by Crippen LogP contribution is 2.46. The number of likely N-dealkylation sites (N-methyl/N-ethyl adjacent to an activating group) is 1. The van der Waals surface area contributed by atoms with Crippen LogP contribution in [0.15, 0.2) is 36.4 Å². The van der Waals surface area contributed by atoms with E-state index in [1.54, 1.807) is 45.4 Å². The molecule has 2 amide bonds. The smallest absolute Gasteiger partial charge is 0.254 e. The minimum Gasteiger partial charge on any atom is -0.497 e. The van der Waals surface area contributed by atoms with E-state index in [0.717, 1.165) is 37.2 Å². The highest BCUT2D eigenvalue weighted by Gasteiger charge is 2.45. The van der Waals surface area contributed by atoms with Gasteiger partial charge in [-0.25, -0.2) is 0 Å². The van der Waals surface area contributed by atoms with Crippen LogP contribution in [0.25, 0.3) is 0 Å². The molecule has 2 aliphatic heterocycles. The van der Waals surface area contributed by atoms with Crippen LogP contribution in [0.4, 0.5) is 0 Å². The molecular formula is C26H32N2O5. The van der Waals surface area contributed by atoms with Crippen molar-refractivity contribution >= 4 is 11.8 Å². The molecule has 3 atom stereocenters. The number of nitrogens with zero attached hydrogens (tertiary/aromatic N) is 2. The molecule has 2 heterocycles. The lowest BCUT2D eigenvalue weighted by molar-refractivity contribution is -0.136. The van der Waals surface area contributed by atoms with Crippen molar-refractivity contribution < 1.29 is 23.8 Å². The number of ether oxygens (including phenoxy) is 3. The molecule has 3 unspecified atom stereocenters. The Balaban J connectivity index is 1.87. The van der Waals surface area contributed by atoms with Crippen LogP contribution < -0.4 is 14.2 Å². The number of piperidine rings is 1. The quantitative estimate of drug-likeness (QED) is 0.689. The fraction of sp³-hybridized carbons (Fsp3) is 0.462. The molecular weight excluding hydrogens is 420 g/mol. The Kier molecular flexibility index (Phi) is 6.49. The van der Waals surface area contributed by atoms with Gasteiger partial charge in [0, 0.05) is 25.7 Å². The maximum atomic E-state index is 14.1. The largest absolute Gasteiger partial charge is 0.497 e. The minimum absolute atomic E-state index is 0.0372. The van der Waals surface area contributed by atoms with E-state index in [2.05, 4.69) is 6.92 Å². The van der Waals surface area contributed by atoms with Crippen molar-refractivity contribution in [2.75, 3.05) is 41.5 Å². The average molecular weight is 453 g/mol. The van der Waals surface area contributed by atoms with E-state index < -0.39 is 12.0 Å². The summed E-state index contributed by atoms with van der Waals surface area (Å²) in [6.45, 7) is 3.64. The number of amides is 2. The van der Waals surface area contributed by atoms with E-state index in [4.69, 9.17) is 14.2 Å². The van der Waals surface area contributed by atoms with Gasteiger partial charge in [-0.15, -0.1) is 0 Å². The van der Waals surface area contributed by atoms with Gasteiger partial charge in [-0.2, -0.15) is 0 Å². The number of fused-ring (bicyclic) bond motifs is 1. The van der Waals surface area contributed by atoms with Gasteiger partial charge in [-0.3, -0.25) is 9.59 Å². The van der Waals surface area contributed by atoms with Crippen LogP contribution in [-0.2, 0) is 4.79 Å². The van der Waals surface area contributed by atoms with Gasteiger partial charge in [0.1, 0.15) is 5.75 Å². The first kappa shape index (κ1) is 23.0. The van der Waals surface area contributed by atoms with Crippen molar-refractivity contribution in [2.24, 2.45) is 5.92 Å². The van der Waals surface area contributed by atoms with E-state index >= 15 is 0 Å². The molecule has 0 radical (unpaired) electrons. The standard InChI is InChI=1S/C26H32N2O5/c1-16-7-6-12-28(15-16)26(30)23-19-13-21(32-4)22(33-5)14-20(19)25(29)27(2)24(23)17-8-10-18(31-3)11-9-17/h8-11,13-14,16,23-24H,6-7,12,15H2,1-5H3. The normalized spacial score (nSPS) is 22.6. The van der Waals surface area contributed by atoms with Crippen LogP contribution in [0, 0.1) is 5.92 Å². The SMILES string of the molecule is COc1ccc(C2C(C(=O)N3CCCC(C)C3)c3cc(OC)c(OC)cc3C(=O)N2C)cc1. The predicted molar refractivity (Wildman–Crippen MR) is 125 cm³/mol. The van der Waals surface area contributed by atoms with E-state index in [1.807, 2.05) is 29.2 Å². The van der Waals surface area contributed by atoms with Gasteiger partial charge in [0.25, 0.3) is 5.91 Å². The summed E-state index contributed by atoms with van der Waals surface area (Å²) in [5.74, 6) is 1.49. The molecule has 1 saturated heterocycles. The molecule has 0 bridgehead atoms. The zero-order valence-corrected chi connectivity index (χ0v) is 20.0. The molecule has 0 aliphatic carbocycles. The van der Waals surface area contributed by atoms with Gasteiger partial charge >= 0.3 is 0 Å². The molecule has 7 nitrogen and oxygen atoms in total. The van der Waals surface area contributed by atoms with Gasteiger partial charge in [0.05, 0.1) is 33.3 Å². The highest BCUT2D eigenvalue weighted by molar-refractivity contribution is 6.02. The topological polar surface area (TPSA) is 68.3 Å². The van der Waals surface area contributed by atoms with Gasteiger partial charge in [-0.1, -0.05) is 19.1 Å². The molecule has 2 aromatic carbocycles. The Morgan fingerprint density at radius 3 is 2.27 bits per heavy atom.